The molecule has 1 aliphatic carbocycles. The minimum Gasteiger partial charge on any atom is -0.369 e. The molecule has 1 saturated heterocycles. The highest BCUT2D eigenvalue weighted by atomic mass is 16.1. The molecule has 2 heterocycles. The van der Waals surface area contributed by atoms with Gasteiger partial charge in [-0.25, -0.2) is 9.97 Å². The van der Waals surface area contributed by atoms with Gasteiger partial charge in [0.1, 0.15) is 5.82 Å². The minimum absolute atomic E-state index is 0.0424. The maximum Gasteiger partial charge on any atom is 0.230 e. The second-order valence-electron chi connectivity index (χ2n) is 9.20. The molecule has 2 aliphatic rings. The summed E-state index contributed by atoms with van der Waals surface area (Å²) < 4.78 is 0. The highest BCUT2D eigenvalue weighted by Crippen LogP contribution is 2.40. The Labute approximate surface area is 200 Å². The van der Waals surface area contributed by atoms with Crippen molar-refractivity contribution in [2.24, 2.45) is 0 Å². The highest BCUT2D eigenvalue weighted by molar-refractivity contribution is 6.07. The van der Waals surface area contributed by atoms with Gasteiger partial charge < -0.3 is 10.2 Å². The molecule has 0 spiro atoms. The van der Waals surface area contributed by atoms with Gasteiger partial charge in [0, 0.05) is 29.7 Å². The number of Topliss-reactive ketones (excluding diaryl/α,β-unsaturated/α-hetero) is 1. The predicted molar refractivity (Wildman–Crippen MR) is 134 cm³/mol. The first-order valence-corrected chi connectivity index (χ1v) is 12.2. The van der Waals surface area contributed by atoms with Gasteiger partial charge in [0.2, 0.25) is 11.6 Å². The lowest BCUT2D eigenvalue weighted by atomic mass is 10.0. The SMILES string of the molecule is CC(=O)c1ccc2c(c1)Cc1nc(C(=O)c3ccccc3)nc(NCCCN3CCCCC3)c1-2. The molecule has 5 rings (SSSR count). The average molecular weight is 455 g/mol. The Bertz CT molecular complexity index is 1220. The molecule has 3 aromatic rings. The Morgan fingerprint density at radius 2 is 1.76 bits per heavy atom. The summed E-state index contributed by atoms with van der Waals surface area (Å²) in [7, 11) is 0. The number of rotatable bonds is 8. The standard InChI is InChI=1S/C28H30N4O2/c1-19(33)21-11-12-23-22(17-21)18-24-25(23)27(29-13-8-16-32-14-6-3-7-15-32)31-28(30-24)26(34)20-9-4-2-5-10-20/h2,4-5,9-12,17H,3,6-8,13-16,18H2,1H3,(H,29,30,31). The molecule has 0 radical (unpaired) electrons. The van der Waals surface area contributed by atoms with Gasteiger partial charge in [0.15, 0.2) is 5.78 Å². The Morgan fingerprint density at radius 3 is 2.53 bits per heavy atom. The molecule has 0 saturated carbocycles. The second kappa shape index (κ2) is 9.85. The minimum atomic E-state index is -0.180. The number of nitrogens with one attached hydrogen (secondary N) is 1. The molecule has 0 atom stereocenters. The van der Waals surface area contributed by atoms with E-state index in [-0.39, 0.29) is 17.4 Å². The number of benzene rings is 2. The van der Waals surface area contributed by atoms with E-state index in [0.29, 0.717) is 23.4 Å². The molecule has 0 amide bonds. The first-order valence-electron chi connectivity index (χ1n) is 12.2. The van der Waals surface area contributed by atoms with Gasteiger partial charge in [0.25, 0.3) is 0 Å². The molecule has 6 heteroatoms. The van der Waals surface area contributed by atoms with Crippen molar-refractivity contribution in [2.45, 2.75) is 39.0 Å². The van der Waals surface area contributed by atoms with Crippen LogP contribution in [0.5, 0.6) is 0 Å². The molecule has 174 valence electrons. The van der Waals surface area contributed by atoms with Crippen molar-refractivity contribution in [1.82, 2.24) is 14.9 Å². The maximum absolute atomic E-state index is 13.1. The van der Waals surface area contributed by atoms with Gasteiger partial charge in [-0.3, -0.25) is 9.59 Å². The summed E-state index contributed by atoms with van der Waals surface area (Å²) in [6.07, 6.45) is 5.52. The Kier molecular flexibility index (Phi) is 6.50. The molecule has 1 aliphatic heterocycles. The number of aromatic nitrogens is 2. The van der Waals surface area contributed by atoms with E-state index < -0.39 is 0 Å². The van der Waals surface area contributed by atoms with Crippen LogP contribution in [0.3, 0.4) is 0 Å². The van der Waals surface area contributed by atoms with E-state index in [9.17, 15) is 9.59 Å². The summed E-state index contributed by atoms with van der Waals surface area (Å²) >= 11 is 0. The van der Waals surface area contributed by atoms with Crippen molar-refractivity contribution < 1.29 is 9.59 Å². The zero-order chi connectivity index (χ0) is 23.5. The zero-order valence-corrected chi connectivity index (χ0v) is 19.6. The molecule has 1 N–H and O–H groups in total. The van der Waals surface area contributed by atoms with Crippen molar-refractivity contribution in [1.29, 1.82) is 0 Å². The van der Waals surface area contributed by atoms with Gasteiger partial charge in [-0.1, -0.05) is 48.9 Å². The van der Waals surface area contributed by atoms with Gasteiger partial charge in [-0.2, -0.15) is 0 Å². The molecule has 1 aromatic heterocycles. The summed E-state index contributed by atoms with van der Waals surface area (Å²) in [6.45, 7) is 5.79. The lowest BCUT2D eigenvalue weighted by molar-refractivity contribution is 0.101. The monoisotopic (exact) mass is 454 g/mol. The average Bonchev–Trinajstić information content (AvgIpc) is 3.25. The van der Waals surface area contributed by atoms with E-state index in [2.05, 4.69) is 15.2 Å². The van der Waals surface area contributed by atoms with Crippen molar-refractivity contribution in [3.05, 3.63) is 76.7 Å². The van der Waals surface area contributed by atoms with Crippen LogP contribution in [0.25, 0.3) is 11.1 Å². The van der Waals surface area contributed by atoms with Gasteiger partial charge in [-0.05, 0) is 63.0 Å². The van der Waals surface area contributed by atoms with Crippen molar-refractivity contribution >= 4 is 17.4 Å². The first kappa shape index (κ1) is 22.4. The second-order valence-corrected chi connectivity index (χ2v) is 9.20. The van der Waals surface area contributed by atoms with Crippen LogP contribution < -0.4 is 5.32 Å². The number of anilines is 1. The zero-order valence-electron chi connectivity index (χ0n) is 19.6. The molecular weight excluding hydrogens is 424 g/mol. The number of carbonyl (C=O) groups excluding carboxylic acids is 2. The number of ketones is 2. The van der Waals surface area contributed by atoms with Crippen molar-refractivity contribution in [3.63, 3.8) is 0 Å². The van der Waals surface area contributed by atoms with Gasteiger partial charge in [-0.15, -0.1) is 0 Å². The Balaban J connectivity index is 1.43. The molecule has 0 bridgehead atoms. The van der Waals surface area contributed by atoms with Crippen LogP contribution in [-0.2, 0) is 6.42 Å². The third-order valence-corrected chi connectivity index (χ3v) is 6.75. The van der Waals surface area contributed by atoms with Crippen LogP contribution in [0.15, 0.2) is 48.5 Å². The topological polar surface area (TPSA) is 75.2 Å². The molecule has 6 nitrogen and oxygen atoms in total. The van der Waals surface area contributed by atoms with E-state index in [1.165, 1.54) is 32.4 Å². The Morgan fingerprint density at radius 1 is 0.971 bits per heavy atom. The van der Waals surface area contributed by atoms with Crippen LogP contribution in [0.2, 0.25) is 0 Å². The summed E-state index contributed by atoms with van der Waals surface area (Å²) in [4.78, 5) is 37.0. The fourth-order valence-electron chi connectivity index (χ4n) is 4.94. The van der Waals surface area contributed by atoms with E-state index in [0.717, 1.165) is 41.9 Å². The van der Waals surface area contributed by atoms with E-state index in [1.807, 2.05) is 36.4 Å². The number of carbonyl (C=O) groups is 2. The molecule has 0 unspecified atom stereocenters. The summed E-state index contributed by atoms with van der Waals surface area (Å²) in [6, 6.07) is 14.9. The summed E-state index contributed by atoms with van der Waals surface area (Å²) in [5.41, 5.74) is 5.15. The lowest BCUT2D eigenvalue weighted by Crippen LogP contribution is -2.31. The van der Waals surface area contributed by atoms with Crippen molar-refractivity contribution in [2.75, 3.05) is 31.5 Å². The number of fused-ring (bicyclic) bond motifs is 3. The van der Waals surface area contributed by atoms with Crippen LogP contribution in [-0.4, -0.2) is 52.6 Å². The smallest absolute Gasteiger partial charge is 0.230 e. The number of nitrogens with zero attached hydrogens (tertiary/aromatic N) is 3. The normalized spacial score (nSPS) is 15.0. The maximum atomic E-state index is 13.1. The number of likely N-dealkylation sites (tertiary alicyclic amines) is 1. The Hall–Kier alpha value is -3.38. The highest BCUT2D eigenvalue weighted by Gasteiger charge is 2.27. The molecular formula is C28H30N4O2. The van der Waals surface area contributed by atoms with E-state index in [1.54, 1.807) is 19.1 Å². The van der Waals surface area contributed by atoms with Crippen LogP contribution >= 0.6 is 0 Å². The number of hydrogen-bond donors (Lipinski definition) is 1. The molecule has 1 fully saturated rings. The van der Waals surface area contributed by atoms with Crippen LogP contribution in [0.4, 0.5) is 5.82 Å². The fraction of sp³-hybridized carbons (Fsp3) is 0.357. The fourth-order valence-corrected chi connectivity index (χ4v) is 4.94. The summed E-state index contributed by atoms with van der Waals surface area (Å²) in [5.74, 6) is 0.779. The van der Waals surface area contributed by atoms with Gasteiger partial charge in [0.05, 0.1) is 5.69 Å². The molecule has 2 aromatic carbocycles. The number of hydrogen-bond acceptors (Lipinski definition) is 6. The van der Waals surface area contributed by atoms with Crippen LogP contribution in [0, 0.1) is 0 Å². The van der Waals surface area contributed by atoms with E-state index in [4.69, 9.17) is 4.98 Å². The van der Waals surface area contributed by atoms with Crippen LogP contribution in [0.1, 0.15) is 70.4 Å². The lowest BCUT2D eigenvalue weighted by Gasteiger charge is -2.26. The first-order chi connectivity index (χ1) is 16.6. The van der Waals surface area contributed by atoms with Gasteiger partial charge >= 0.3 is 0 Å². The third kappa shape index (κ3) is 4.64. The predicted octanol–water partition coefficient (Wildman–Crippen LogP) is 4.77. The summed E-state index contributed by atoms with van der Waals surface area (Å²) in [5, 5.41) is 3.51. The van der Waals surface area contributed by atoms with E-state index >= 15 is 0 Å². The number of piperidine rings is 1. The molecule has 34 heavy (non-hydrogen) atoms. The quantitative estimate of drug-likeness (QED) is 0.305. The largest absolute Gasteiger partial charge is 0.369 e. The third-order valence-electron chi connectivity index (χ3n) is 6.75. The van der Waals surface area contributed by atoms with Crippen molar-refractivity contribution in [3.8, 4) is 11.1 Å².